The summed E-state index contributed by atoms with van der Waals surface area (Å²) in [6, 6.07) is 9.22. The molecule has 0 aliphatic carbocycles. The van der Waals surface area contributed by atoms with Crippen molar-refractivity contribution in [2.75, 3.05) is 6.61 Å². The van der Waals surface area contributed by atoms with Gasteiger partial charge in [-0.3, -0.25) is 4.98 Å². The number of alkyl halides is 2. The second kappa shape index (κ2) is 9.03. The molecule has 0 fully saturated rings. The van der Waals surface area contributed by atoms with Crippen LogP contribution in [0.1, 0.15) is 55.6 Å². The summed E-state index contributed by atoms with van der Waals surface area (Å²) in [4.78, 5) is 17.2. The van der Waals surface area contributed by atoms with E-state index in [0.717, 1.165) is 23.1 Å². The van der Waals surface area contributed by atoms with E-state index in [4.69, 9.17) is 9.47 Å². The van der Waals surface area contributed by atoms with E-state index in [1.165, 1.54) is 0 Å². The van der Waals surface area contributed by atoms with Gasteiger partial charge < -0.3 is 14.6 Å². The summed E-state index contributed by atoms with van der Waals surface area (Å²) < 4.78 is 53.9. The Hall–Kier alpha value is -3.65. The number of nitrogens with zero attached hydrogens (tertiary/aromatic N) is 1. The number of benzene rings is 3. The van der Waals surface area contributed by atoms with Crippen LogP contribution in [-0.2, 0) is 16.0 Å². The average molecular weight is 510 g/mol. The molecule has 1 atom stereocenters. The Balaban J connectivity index is 1.94. The molecule has 37 heavy (non-hydrogen) atoms. The molecule has 0 radical (unpaired) electrons. The van der Waals surface area contributed by atoms with Gasteiger partial charge in [-0.05, 0) is 85.5 Å². The number of ether oxygens (including phenoxy) is 2. The van der Waals surface area contributed by atoms with Crippen LogP contribution in [0.25, 0.3) is 32.8 Å². The van der Waals surface area contributed by atoms with Gasteiger partial charge in [0, 0.05) is 29.1 Å². The van der Waals surface area contributed by atoms with Crippen molar-refractivity contribution in [2.24, 2.45) is 0 Å². The van der Waals surface area contributed by atoms with Gasteiger partial charge in [-0.1, -0.05) is 6.07 Å². The molecule has 3 aromatic carbocycles. The Kier molecular flexibility index (Phi) is 6.10. The van der Waals surface area contributed by atoms with Crippen molar-refractivity contribution in [1.82, 2.24) is 4.98 Å². The van der Waals surface area contributed by atoms with E-state index in [-0.39, 0.29) is 0 Å². The van der Waals surface area contributed by atoms with Crippen LogP contribution in [0.2, 0.25) is 0 Å². The van der Waals surface area contributed by atoms with Crippen LogP contribution in [-0.4, -0.2) is 28.3 Å². The van der Waals surface area contributed by atoms with Crippen LogP contribution >= 0.6 is 0 Å². The van der Waals surface area contributed by atoms with Gasteiger partial charge in [-0.25, -0.2) is 18.0 Å². The van der Waals surface area contributed by atoms with Crippen molar-refractivity contribution in [2.45, 2.75) is 52.2 Å². The van der Waals surface area contributed by atoms with Gasteiger partial charge in [0.2, 0.25) is 0 Å². The summed E-state index contributed by atoms with van der Waals surface area (Å²) in [6.45, 7) is 7.46. The highest BCUT2D eigenvalue weighted by Crippen LogP contribution is 2.45. The maximum Gasteiger partial charge on any atom is 0.337 e. The predicted octanol–water partition coefficient (Wildman–Crippen LogP) is 7.32. The van der Waals surface area contributed by atoms with Gasteiger partial charge in [0.05, 0.1) is 23.3 Å². The molecule has 1 aliphatic rings. The molecule has 1 N–H and O–H groups in total. The summed E-state index contributed by atoms with van der Waals surface area (Å²) >= 11 is 0. The first-order valence-corrected chi connectivity index (χ1v) is 12.0. The minimum Gasteiger partial charge on any atom is -0.493 e. The van der Waals surface area contributed by atoms with Gasteiger partial charge in [0.15, 0.2) is 6.10 Å². The second-order valence-corrected chi connectivity index (χ2v) is 10.2. The zero-order chi connectivity index (χ0) is 26.6. The molecule has 0 saturated heterocycles. The summed E-state index contributed by atoms with van der Waals surface area (Å²) in [5, 5.41) is 11.7. The third-order valence-electron chi connectivity index (χ3n) is 6.54. The molecule has 1 aliphatic heterocycles. The van der Waals surface area contributed by atoms with Crippen molar-refractivity contribution in [3.63, 3.8) is 0 Å². The molecule has 0 spiro atoms. The fraction of sp³-hybridized carbons (Fsp3) is 0.310. The molecule has 8 heteroatoms. The molecular weight excluding hydrogens is 483 g/mol. The number of halogens is 3. The SMILES string of the molecule is Cc1cc2cc(C(F)F)c(F)cc2c(-c2ccc3c4c(ccnc24)CCO3)c1[C@H](OC(C)(C)C)C(=O)O. The maximum absolute atomic E-state index is 15.0. The van der Waals surface area contributed by atoms with Crippen molar-refractivity contribution in [3.05, 3.63) is 70.7 Å². The molecule has 0 unspecified atom stereocenters. The summed E-state index contributed by atoms with van der Waals surface area (Å²) in [6.07, 6.45) is -2.06. The number of pyridine rings is 1. The Labute approximate surface area is 211 Å². The van der Waals surface area contributed by atoms with E-state index in [1.807, 2.05) is 6.07 Å². The normalized spacial score (nSPS) is 14.3. The van der Waals surface area contributed by atoms with Crippen LogP contribution in [0.15, 0.2) is 42.6 Å². The average Bonchev–Trinajstić information content (AvgIpc) is 2.82. The lowest BCUT2D eigenvalue weighted by Crippen LogP contribution is -2.28. The highest BCUT2D eigenvalue weighted by Gasteiger charge is 2.33. The number of carboxylic acids is 1. The van der Waals surface area contributed by atoms with E-state index >= 15 is 0 Å². The first-order valence-electron chi connectivity index (χ1n) is 12.0. The first kappa shape index (κ1) is 25.0. The third-order valence-corrected chi connectivity index (χ3v) is 6.54. The number of aliphatic carboxylic acids is 1. The summed E-state index contributed by atoms with van der Waals surface area (Å²) in [5.74, 6) is -1.64. The predicted molar refractivity (Wildman–Crippen MR) is 135 cm³/mol. The number of carboxylic acid groups (broad SMARTS) is 1. The monoisotopic (exact) mass is 509 g/mol. The lowest BCUT2D eigenvalue weighted by Gasteiger charge is -2.29. The molecular formula is C29H26F3NO4. The number of aryl methyl sites for hydroxylation is 1. The van der Waals surface area contributed by atoms with Crippen LogP contribution in [0.4, 0.5) is 13.2 Å². The van der Waals surface area contributed by atoms with Gasteiger partial charge in [-0.15, -0.1) is 0 Å². The smallest absolute Gasteiger partial charge is 0.337 e. The Morgan fingerprint density at radius 2 is 1.92 bits per heavy atom. The van der Waals surface area contributed by atoms with Crippen LogP contribution in [0.5, 0.6) is 5.75 Å². The van der Waals surface area contributed by atoms with Crippen molar-refractivity contribution >= 4 is 27.6 Å². The van der Waals surface area contributed by atoms with E-state index in [9.17, 15) is 23.1 Å². The molecule has 192 valence electrons. The molecule has 4 aromatic rings. The number of carbonyl (C=O) groups is 1. The number of aromatic nitrogens is 1. The molecule has 5 rings (SSSR count). The van der Waals surface area contributed by atoms with Crippen molar-refractivity contribution < 1.29 is 32.5 Å². The molecule has 1 aromatic heterocycles. The molecule has 0 saturated carbocycles. The van der Waals surface area contributed by atoms with E-state index in [1.54, 1.807) is 52.1 Å². The lowest BCUT2D eigenvalue weighted by atomic mass is 9.85. The minimum atomic E-state index is -3.00. The fourth-order valence-electron chi connectivity index (χ4n) is 5.08. The van der Waals surface area contributed by atoms with E-state index < -0.39 is 35.5 Å². The summed E-state index contributed by atoms with van der Waals surface area (Å²) in [7, 11) is 0. The van der Waals surface area contributed by atoms with Gasteiger partial charge in [0.1, 0.15) is 11.6 Å². The lowest BCUT2D eigenvalue weighted by molar-refractivity contribution is -0.160. The Bertz CT molecular complexity index is 1550. The zero-order valence-corrected chi connectivity index (χ0v) is 20.9. The standard InChI is InChI=1S/C29H26F3NO4/c1-14-11-16-12-19(27(31)32)20(30)13-18(16)24(22(14)26(28(34)35)37-29(2,3)4)17-5-6-21-23-15(8-10-36-21)7-9-33-25(17)23/h5-7,9,11-13,26-27H,8,10H2,1-4H3,(H,34,35)/t26-/m0/s1. The molecule has 0 bridgehead atoms. The van der Waals surface area contributed by atoms with Gasteiger partial charge in [0.25, 0.3) is 6.43 Å². The van der Waals surface area contributed by atoms with Gasteiger partial charge in [-0.2, -0.15) is 0 Å². The van der Waals surface area contributed by atoms with Crippen LogP contribution in [0.3, 0.4) is 0 Å². The number of fused-ring (bicyclic) bond motifs is 1. The maximum atomic E-state index is 15.0. The summed E-state index contributed by atoms with van der Waals surface area (Å²) in [5.41, 5.74) is 1.81. The Morgan fingerprint density at radius 1 is 1.16 bits per heavy atom. The fourth-order valence-corrected chi connectivity index (χ4v) is 5.08. The first-order chi connectivity index (χ1) is 17.5. The van der Waals surface area contributed by atoms with E-state index in [2.05, 4.69) is 4.98 Å². The van der Waals surface area contributed by atoms with Crippen molar-refractivity contribution in [1.29, 1.82) is 0 Å². The number of rotatable bonds is 5. The topological polar surface area (TPSA) is 68.7 Å². The highest BCUT2D eigenvalue weighted by molar-refractivity contribution is 6.09. The minimum absolute atomic E-state index is 0.297. The van der Waals surface area contributed by atoms with Crippen LogP contribution in [0, 0.1) is 12.7 Å². The van der Waals surface area contributed by atoms with E-state index in [0.29, 0.717) is 57.3 Å². The molecule has 0 amide bonds. The molecule has 2 heterocycles. The Morgan fingerprint density at radius 3 is 2.59 bits per heavy atom. The number of hydrogen-bond donors (Lipinski definition) is 1. The number of hydrogen-bond acceptors (Lipinski definition) is 4. The third kappa shape index (κ3) is 4.39. The second-order valence-electron chi connectivity index (χ2n) is 10.2. The van der Waals surface area contributed by atoms with Crippen molar-refractivity contribution in [3.8, 4) is 16.9 Å². The van der Waals surface area contributed by atoms with Gasteiger partial charge >= 0.3 is 5.97 Å². The molecule has 5 nitrogen and oxygen atoms in total. The highest BCUT2D eigenvalue weighted by atomic mass is 19.3. The van der Waals surface area contributed by atoms with Crippen LogP contribution < -0.4 is 4.74 Å². The quantitative estimate of drug-likeness (QED) is 0.305. The zero-order valence-electron chi connectivity index (χ0n) is 20.9. The largest absolute Gasteiger partial charge is 0.493 e.